The number of rotatable bonds is 8. The quantitative estimate of drug-likeness (QED) is 0.418. The van der Waals surface area contributed by atoms with E-state index in [4.69, 9.17) is 5.73 Å². The second-order valence-electron chi connectivity index (χ2n) is 8.92. The van der Waals surface area contributed by atoms with Crippen LogP contribution in [0.3, 0.4) is 0 Å². The van der Waals surface area contributed by atoms with Gasteiger partial charge in [-0.1, -0.05) is 12.1 Å². The first-order valence-electron chi connectivity index (χ1n) is 11.7. The zero-order valence-corrected chi connectivity index (χ0v) is 18.5. The third-order valence-electron chi connectivity index (χ3n) is 6.50. The summed E-state index contributed by atoms with van der Waals surface area (Å²) in [6.07, 6.45) is 9.13. The standard InChI is InChI=1S/C23H33N7O2/c24-19-9-7-17(8-10-19)14-25-22-21(30(31)32)16-27-23(28-22)26-15-18-5-4-6-20(13-18)29-11-2-1-3-12-29/h4-6,13,16-17,19H,1-3,7-12,14-15,24H2,(H2,25,26,27,28). The molecule has 1 aliphatic carbocycles. The van der Waals surface area contributed by atoms with Crippen molar-refractivity contribution in [1.82, 2.24) is 9.97 Å². The molecule has 0 unspecified atom stereocenters. The lowest BCUT2D eigenvalue weighted by Crippen LogP contribution is -2.29. The van der Waals surface area contributed by atoms with E-state index in [1.54, 1.807) is 0 Å². The third-order valence-corrected chi connectivity index (χ3v) is 6.50. The smallest absolute Gasteiger partial charge is 0.329 e. The maximum atomic E-state index is 11.4. The molecule has 1 aliphatic heterocycles. The second-order valence-corrected chi connectivity index (χ2v) is 8.92. The van der Waals surface area contributed by atoms with E-state index in [9.17, 15) is 10.1 Å². The summed E-state index contributed by atoms with van der Waals surface area (Å²) in [7, 11) is 0. The zero-order valence-electron chi connectivity index (χ0n) is 18.5. The van der Waals surface area contributed by atoms with Crippen molar-refractivity contribution in [2.75, 3.05) is 35.2 Å². The Kier molecular flexibility index (Phi) is 7.36. The van der Waals surface area contributed by atoms with E-state index >= 15 is 0 Å². The molecule has 1 aromatic heterocycles. The summed E-state index contributed by atoms with van der Waals surface area (Å²) in [5.74, 6) is 1.11. The van der Waals surface area contributed by atoms with Crippen molar-refractivity contribution < 1.29 is 4.92 Å². The second kappa shape index (κ2) is 10.6. The average Bonchev–Trinajstić information content (AvgIpc) is 2.83. The van der Waals surface area contributed by atoms with Gasteiger partial charge in [-0.15, -0.1) is 0 Å². The van der Waals surface area contributed by atoms with Crippen LogP contribution in [0.1, 0.15) is 50.5 Å². The molecule has 2 aliphatic rings. The van der Waals surface area contributed by atoms with E-state index in [0.29, 0.717) is 25.0 Å². The Morgan fingerprint density at radius 1 is 1.12 bits per heavy atom. The Morgan fingerprint density at radius 3 is 2.66 bits per heavy atom. The zero-order chi connectivity index (χ0) is 22.3. The van der Waals surface area contributed by atoms with E-state index in [1.807, 2.05) is 0 Å². The summed E-state index contributed by atoms with van der Waals surface area (Å²) in [5.41, 5.74) is 8.24. The summed E-state index contributed by atoms with van der Waals surface area (Å²) < 4.78 is 0. The normalized spacial score (nSPS) is 21.2. The molecule has 2 aromatic rings. The summed E-state index contributed by atoms with van der Waals surface area (Å²) in [6, 6.07) is 8.76. The van der Waals surface area contributed by atoms with Gasteiger partial charge in [-0.2, -0.15) is 4.98 Å². The number of hydrogen-bond acceptors (Lipinski definition) is 8. The fourth-order valence-corrected chi connectivity index (χ4v) is 4.55. The van der Waals surface area contributed by atoms with Crippen molar-refractivity contribution in [1.29, 1.82) is 0 Å². The highest BCUT2D eigenvalue weighted by Gasteiger charge is 2.22. The summed E-state index contributed by atoms with van der Waals surface area (Å²) in [4.78, 5) is 22.0. The van der Waals surface area contributed by atoms with Crippen LogP contribution in [0.4, 0.5) is 23.1 Å². The SMILES string of the molecule is NC1CCC(CNc2nc(NCc3cccc(N4CCCCC4)c3)ncc2[N+](=O)[O-])CC1. The lowest BCUT2D eigenvalue weighted by atomic mass is 9.86. The van der Waals surface area contributed by atoms with Gasteiger partial charge in [-0.3, -0.25) is 10.1 Å². The van der Waals surface area contributed by atoms with Crippen LogP contribution in [0.15, 0.2) is 30.5 Å². The predicted octanol–water partition coefficient (Wildman–Crippen LogP) is 3.92. The fraction of sp³-hybridized carbons (Fsp3) is 0.565. The Hall–Kier alpha value is -2.94. The van der Waals surface area contributed by atoms with E-state index in [-0.39, 0.29) is 17.5 Å². The largest absolute Gasteiger partial charge is 0.372 e. The average molecular weight is 440 g/mol. The molecule has 0 amide bonds. The minimum atomic E-state index is -0.439. The van der Waals surface area contributed by atoms with Crippen LogP contribution in [0.2, 0.25) is 0 Å². The molecule has 0 atom stereocenters. The minimum absolute atomic E-state index is 0.102. The molecule has 172 valence electrons. The number of nitro groups is 1. The van der Waals surface area contributed by atoms with Crippen molar-refractivity contribution in [2.24, 2.45) is 11.7 Å². The van der Waals surface area contributed by atoms with Crippen molar-refractivity contribution in [3.8, 4) is 0 Å². The molecule has 0 bridgehead atoms. The molecule has 32 heavy (non-hydrogen) atoms. The van der Waals surface area contributed by atoms with Crippen LogP contribution in [0.5, 0.6) is 0 Å². The first-order chi connectivity index (χ1) is 15.6. The van der Waals surface area contributed by atoms with E-state index in [1.165, 1.54) is 31.1 Å². The Labute approximate surface area is 189 Å². The molecule has 4 rings (SSSR count). The molecule has 1 saturated heterocycles. The van der Waals surface area contributed by atoms with Gasteiger partial charge in [0.05, 0.1) is 4.92 Å². The Bertz CT molecular complexity index is 909. The molecule has 4 N–H and O–H groups in total. The lowest BCUT2D eigenvalue weighted by Gasteiger charge is -2.29. The van der Waals surface area contributed by atoms with Crippen molar-refractivity contribution >= 4 is 23.1 Å². The summed E-state index contributed by atoms with van der Waals surface area (Å²) >= 11 is 0. The number of piperidine rings is 1. The highest BCUT2D eigenvalue weighted by atomic mass is 16.6. The predicted molar refractivity (Wildman–Crippen MR) is 127 cm³/mol. The molecular formula is C23H33N7O2. The fourth-order valence-electron chi connectivity index (χ4n) is 4.55. The molecule has 0 radical (unpaired) electrons. The first kappa shape index (κ1) is 22.3. The van der Waals surface area contributed by atoms with Gasteiger partial charge in [0.2, 0.25) is 11.8 Å². The number of nitrogens with one attached hydrogen (secondary N) is 2. The number of hydrogen-bond donors (Lipinski definition) is 3. The van der Waals surface area contributed by atoms with Gasteiger partial charge in [0, 0.05) is 37.9 Å². The number of anilines is 3. The maximum absolute atomic E-state index is 11.4. The van der Waals surface area contributed by atoms with Crippen LogP contribution < -0.4 is 21.3 Å². The molecule has 9 nitrogen and oxygen atoms in total. The number of aromatic nitrogens is 2. The van der Waals surface area contributed by atoms with Gasteiger partial charge in [-0.05, 0) is 68.6 Å². The molecule has 1 aromatic carbocycles. The van der Waals surface area contributed by atoms with Gasteiger partial charge in [-0.25, -0.2) is 4.98 Å². The van der Waals surface area contributed by atoms with Crippen molar-refractivity contribution in [3.63, 3.8) is 0 Å². The highest BCUT2D eigenvalue weighted by molar-refractivity contribution is 5.57. The minimum Gasteiger partial charge on any atom is -0.372 e. The monoisotopic (exact) mass is 439 g/mol. The van der Waals surface area contributed by atoms with Crippen molar-refractivity contribution in [2.45, 2.75) is 57.5 Å². The topological polar surface area (TPSA) is 122 Å². The van der Waals surface area contributed by atoms with Crippen LogP contribution in [-0.2, 0) is 6.54 Å². The van der Waals surface area contributed by atoms with Gasteiger partial charge in [0.1, 0.15) is 6.20 Å². The van der Waals surface area contributed by atoms with Crippen LogP contribution in [0, 0.1) is 16.0 Å². The highest BCUT2D eigenvalue weighted by Crippen LogP contribution is 2.27. The van der Waals surface area contributed by atoms with Crippen molar-refractivity contribution in [3.05, 3.63) is 46.1 Å². The lowest BCUT2D eigenvalue weighted by molar-refractivity contribution is -0.384. The molecule has 2 fully saturated rings. The van der Waals surface area contributed by atoms with E-state index < -0.39 is 4.92 Å². The van der Waals surface area contributed by atoms with Crippen LogP contribution in [-0.4, -0.2) is 40.6 Å². The molecular weight excluding hydrogens is 406 g/mol. The summed E-state index contributed by atoms with van der Waals surface area (Å²) in [6.45, 7) is 3.41. The van der Waals surface area contributed by atoms with Gasteiger partial charge >= 0.3 is 5.69 Å². The van der Waals surface area contributed by atoms with Crippen LogP contribution in [0.25, 0.3) is 0 Å². The van der Waals surface area contributed by atoms with Gasteiger partial charge in [0.25, 0.3) is 0 Å². The molecule has 0 spiro atoms. The Morgan fingerprint density at radius 2 is 1.91 bits per heavy atom. The van der Waals surface area contributed by atoms with E-state index in [2.05, 4.69) is 49.8 Å². The first-order valence-corrected chi connectivity index (χ1v) is 11.7. The molecule has 9 heteroatoms. The van der Waals surface area contributed by atoms with Gasteiger partial charge in [0.15, 0.2) is 0 Å². The van der Waals surface area contributed by atoms with E-state index in [0.717, 1.165) is 44.3 Å². The third kappa shape index (κ3) is 5.85. The number of nitrogens with two attached hydrogens (primary N) is 1. The Balaban J connectivity index is 1.39. The van der Waals surface area contributed by atoms with Gasteiger partial charge < -0.3 is 21.3 Å². The van der Waals surface area contributed by atoms with Crippen LogP contribution >= 0.6 is 0 Å². The molecule has 1 saturated carbocycles. The number of benzene rings is 1. The molecule has 2 heterocycles. The summed E-state index contributed by atoms with van der Waals surface area (Å²) in [5, 5.41) is 17.8. The number of nitrogens with zero attached hydrogens (tertiary/aromatic N) is 4. The maximum Gasteiger partial charge on any atom is 0.329 e.